The van der Waals surface area contributed by atoms with Gasteiger partial charge in [0.1, 0.15) is 0 Å². The van der Waals surface area contributed by atoms with Gasteiger partial charge in [-0.05, 0) is 72.8 Å². The van der Waals surface area contributed by atoms with Crippen LogP contribution in [0.2, 0.25) is 0 Å². The first kappa shape index (κ1) is 26.8. The molecule has 4 aromatic carbocycles. The molecule has 1 unspecified atom stereocenters. The molecule has 0 spiro atoms. The zero-order chi connectivity index (χ0) is 28.2. The summed E-state index contributed by atoms with van der Waals surface area (Å²) in [5.74, 6) is 0.0707. The van der Waals surface area contributed by atoms with Crippen LogP contribution in [-0.4, -0.2) is 28.1 Å². The van der Waals surface area contributed by atoms with Gasteiger partial charge in [-0.25, -0.2) is 0 Å². The number of hydrogen-bond acceptors (Lipinski definition) is 3. The number of carbonyl (C=O) groups is 1. The molecule has 0 saturated carbocycles. The number of nitrogens with one attached hydrogen (secondary N) is 3. The lowest BCUT2D eigenvalue weighted by Gasteiger charge is -2.22. The average molecular weight is 544 g/mol. The maximum atomic E-state index is 13.0. The Bertz CT molecular complexity index is 1720. The van der Waals surface area contributed by atoms with Crippen LogP contribution in [0.3, 0.4) is 0 Å². The molecule has 6 nitrogen and oxygen atoms in total. The molecule has 3 N–H and O–H groups in total. The summed E-state index contributed by atoms with van der Waals surface area (Å²) in [6.07, 6.45) is 4.07. The minimum atomic E-state index is -0.00249. The Labute approximate surface area is 241 Å². The van der Waals surface area contributed by atoms with Crippen molar-refractivity contribution in [1.82, 2.24) is 14.5 Å². The van der Waals surface area contributed by atoms with E-state index in [9.17, 15) is 10.2 Å². The molecular weight excluding hydrogens is 506 g/mol. The Hall–Kier alpha value is -4.42. The molecule has 0 aliphatic carbocycles. The van der Waals surface area contributed by atoms with Gasteiger partial charge >= 0.3 is 0 Å². The fraction of sp³-hybridized carbons (Fsp3) is 0.257. The molecule has 6 heteroatoms. The second-order valence-corrected chi connectivity index (χ2v) is 10.9. The van der Waals surface area contributed by atoms with Crippen LogP contribution >= 0.6 is 0 Å². The average Bonchev–Trinajstić information content (AvgIpc) is 3.29. The van der Waals surface area contributed by atoms with Crippen LogP contribution < -0.4 is 16.3 Å². The lowest BCUT2D eigenvalue weighted by molar-refractivity contribution is -0.120. The summed E-state index contributed by atoms with van der Waals surface area (Å²) >= 11 is 0. The lowest BCUT2D eigenvalue weighted by atomic mass is 9.98. The van der Waals surface area contributed by atoms with Crippen molar-refractivity contribution in [1.29, 1.82) is 5.41 Å². The van der Waals surface area contributed by atoms with Crippen LogP contribution in [0, 0.1) is 11.3 Å². The highest BCUT2D eigenvalue weighted by Gasteiger charge is 2.22. The van der Waals surface area contributed by atoms with Crippen LogP contribution in [0.4, 0.5) is 5.69 Å². The van der Waals surface area contributed by atoms with E-state index in [-0.39, 0.29) is 11.8 Å². The van der Waals surface area contributed by atoms with Crippen molar-refractivity contribution >= 4 is 22.6 Å². The molecule has 0 radical (unpaired) electrons. The summed E-state index contributed by atoms with van der Waals surface area (Å²) in [5, 5.41) is 15.7. The van der Waals surface area contributed by atoms with Crippen LogP contribution in [0.25, 0.3) is 27.8 Å². The highest BCUT2D eigenvalue weighted by atomic mass is 16.1. The molecule has 5 aromatic rings. The Morgan fingerprint density at radius 1 is 0.902 bits per heavy atom. The van der Waals surface area contributed by atoms with E-state index in [0.717, 1.165) is 72.3 Å². The minimum absolute atomic E-state index is 0.00249. The van der Waals surface area contributed by atoms with Crippen molar-refractivity contribution in [2.45, 2.75) is 39.2 Å². The molecule has 6 rings (SSSR count). The zero-order valence-electron chi connectivity index (χ0n) is 23.6. The SMILES string of the molecule is CCCc1ccccc1Cn1c(=N)n(-c2ccc(-c3ccccc3NC(=O)C3CCCNC3)cc2)c2ccccc21. The van der Waals surface area contributed by atoms with E-state index >= 15 is 0 Å². The van der Waals surface area contributed by atoms with Crippen LogP contribution in [0.5, 0.6) is 0 Å². The maximum absolute atomic E-state index is 13.0. The van der Waals surface area contributed by atoms with Crippen molar-refractivity contribution in [3.8, 4) is 16.8 Å². The molecule has 1 saturated heterocycles. The number of aryl methyl sites for hydroxylation is 1. The number of aromatic nitrogens is 2. The Morgan fingerprint density at radius 2 is 1.61 bits per heavy atom. The molecule has 1 fully saturated rings. The molecule has 2 heterocycles. The number of imidazole rings is 1. The first-order valence-electron chi connectivity index (χ1n) is 14.7. The van der Waals surface area contributed by atoms with Crippen molar-refractivity contribution < 1.29 is 4.79 Å². The van der Waals surface area contributed by atoms with Crippen molar-refractivity contribution in [2.75, 3.05) is 18.4 Å². The topological polar surface area (TPSA) is 74.8 Å². The third kappa shape index (κ3) is 5.48. The summed E-state index contributed by atoms with van der Waals surface area (Å²) < 4.78 is 4.12. The van der Waals surface area contributed by atoms with Gasteiger partial charge in [0.2, 0.25) is 11.5 Å². The van der Waals surface area contributed by atoms with Crippen molar-refractivity contribution in [2.24, 2.45) is 5.92 Å². The number of rotatable bonds is 8. The number of nitrogens with zero attached hydrogens (tertiary/aromatic N) is 2. The first-order chi connectivity index (χ1) is 20.1. The summed E-state index contributed by atoms with van der Waals surface area (Å²) in [4.78, 5) is 13.0. The van der Waals surface area contributed by atoms with Gasteiger partial charge in [0, 0.05) is 23.5 Å². The summed E-state index contributed by atoms with van der Waals surface area (Å²) in [6, 6.07) is 33.1. The van der Waals surface area contributed by atoms with Gasteiger partial charge < -0.3 is 15.2 Å². The van der Waals surface area contributed by atoms with Crippen molar-refractivity contribution in [3.63, 3.8) is 0 Å². The molecule has 41 heavy (non-hydrogen) atoms. The molecule has 1 atom stereocenters. The monoisotopic (exact) mass is 543 g/mol. The second kappa shape index (κ2) is 12.0. The fourth-order valence-electron chi connectivity index (χ4n) is 5.99. The highest BCUT2D eigenvalue weighted by molar-refractivity contribution is 5.97. The van der Waals surface area contributed by atoms with Gasteiger partial charge in [0.05, 0.1) is 23.5 Å². The van der Waals surface area contributed by atoms with E-state index in [1.165, 1.54) is 11.1 Å². The number of benzene rings is 4. The Kier molecular flexibility index (Phi) is 7.83. The first-order valence-corrected chi connectivity index (χ1v) is 14.7. The molecular formula is C35H37N5O. The van der Waals surface area contributed by atoms with Crippen molar-refractivity contribution in [3.05, 3.63) is 114 Å². The van der Waals surface area contributed by atoms with Gasteiger partial charge in [0.25, 0.3) is 0 Å². The summed E-state index contributed by atoms with van der Waals surface area (Å²) in [6.45, 7) is 4.57. The number of amides is 1. The van der Waals surface area contributed by atoms with E-state index in [4.69, 9.17) is 0 Å². The normalized spacial score (nSPS) is 15.2. The number of fused-ring (bicyclic) bond motifs is 1. The summed E-state index contributed by atoms with van der Waals surface area (Å²) in [7, 11) is 0. The van der Waals surface area contributed by atoms with E-state index in [2.05, 4.69) is 82.8 Å². The van der Waals surface area contributed by atoms with E-state index in [1.54, 1.807) is 0 Å². The fourth-order valence-corrected chi connectivity index (χ4v) is 5.99. The quantitative estimate of drug-likeness (QED) is 0.209. The number of piperidine rings is 1. The Morgan fingerprint density at radius 3 is 2.37 bits per heavy atom. The second-order valence-electron chi connectivity index (χ2n) is 10.9. The van der Waals surface area contributed by atoms with E-state index in [0.29, 0.717) is 12.2 Å². The van der Waals surface area contributed by atoms with Crippen LogP contribution in [-0.2, 0) is 17.8 Å². The van der Waals surface area contributed by atoms with Gasteiger partial charge in [-0.15, -0.1) is 0 Å². The van der Waals surface area contributed by atoms with Gasteiger partial charge in [0.15, 0.2) is 0 Å². The van der Waals surface area contributed by atoms with Gasteiger partial charge in [-0.1, -0.05) is 80.1 Å². The predicted octanol–water partition coefficient (Wildman–Crippen LogP) is 6.52. The number of anilines is 1. The van der Waals surface area contributed by atoms with Crippen LogP contribution in [0.1, 0.15) is 37.3 Å². The maximum Gasteiger partial charge on any atom is 0.228 e. The standard InChI is InChI=1S/C35H37N5O/c1-2-10-25-11-3-4-12-28(25)24-39-32-16-7-8-17-33(32)40(35(39)36)29-20-18-26(19-21-29)30-14-5-6-15-31(30)38-34(41)27-13-9-22-37-23-27/h3-8,11-12,14-21,27,36-37H,2,9-10,13,22-24H2,1H3,(H,38,41). The summed E-state index contributed by atoms with van der Waals surface area (Å²) in [5.41, 5.74) is 8.86. The zero-order valence-corrected chi connectivity index (χ0v) is 23.6. The predicted molar refractivity (Wildman–Crippen MR) is 166 cm³/mol. The number of para-hydroxylation sites is 3. The Balaban J connectivity index is 1.33. The van der Waals surface area contributed by atoms with E-state index < -0.39 is 0 Å². The third-order valence-electron chi connectivity index (χ3n) is 8.14. The largest absolute Gasteiger partial charge is 0.325 e. The smallest absolute Gasteiger partial charge is 0.228 e. The van der Waals surface area contributed by atoms with Crippen LogP contribution in [0.15, 0.2) is 97.1 Å². The third-order valence-corrected chi connectivity index (χ3v) is 8.14. The molecule has 1 aliphatic rings. The molecule has 0 bridgehead atoms. The molecule has 1 amide bonds. The lowest BCUT2D eigenvalue weighted by Crippen LogP contribution is -2.37. The number of hydrogen-bond donors (Lipinski definition) is 3. The molecule has 1 aliphatic heterocycles. The highest BCUT2D eigenvalue weighted by Crippen LogP contribution is 2.30. The van der Waals surface area contributed by atoms with Gasteiger partial charge in [-0.2, -0.15) is 0 Å². The van der Waals surface area contributed by atoms with Gasteiger partial charge in [-0.3, -0.25) is 14.8 Å². The number of carbonyl (C=O) groups excluding carboxylic acids is 1. The molecule has 1 aromatic heterocycles. The minimum Gasteiger partial charge on any atom is -0.325 e. The van der Waals surface area contributed by atoms with E-state index in [1.807, 2.05) is 41.0 Å². The molecule has 208 valence electrons.